The molecule has 5 rings (SSSR count). The maximum atomic E-state index is 12.7. The van der Waals surface area contributed by atoms with E-state index in [-0.39, 0.29) is 6.03 Å². The van der Waals surface area contributed by atoms with Gasteiger partial charge >= 0.3 is 6.03 Å². The summed E-state index contributed by atoms with van der Waals surface area (Å²) in [6.07, 6.45) is 3.05. The number of hydrogen-bond acceptors (Lipinski definition) is 5. The summed E-state index contributed by atoms with van der Waals surface area (Å²) in [5.74, 6) is 0.930. The minimum atomic E-state index is -0.350. The normalized spacial score (nSPS) is 12.2. The molecular formula is C25H20Cl2N6O. The highest BCUT2D eigenvalue weighted by molar-refractivity contribution is 6.33. The van der Waals surface area contributed by atoms with Gasteiger partial charge in [0.15, 0.2) is 5.82 Å². The Balaban J connectivity index is 1.46. The summed E-state index contributed by atoms with van der Waals surface area (Å²) in [5, 5.41) is 13.2. The molecule has 2 heterocycles. The van der Waals surface area contributed by atoms with Crippen molar-refractivity contribution >= 4 is 63.7 Å². The largest absolute Gasteiger partial charge is 0.339 e. The van der Waals surface area contributed by atoms with Crippen LogP contribution in [0.1, 0.15) is 11.1 Å². The van der Waals surface area contributed by atoms with Crippen LogP contribution in [0.4, 0.5) is 39.3 Å². The van der Waals surface area contributed by atoms with Crippen molar-refractivity contribution in [3.63, 3.8) is 0 Å². The summed E-state index contributed by atoms with van der Waals surface area (Å²) < 4.78 is 0. The standard InChI is InChI=1S/C25H20Cl2N6O/c26-17-4-2-6-19(13-17)31-25(34)32-22-10-9-20-12-16(22)8-7-15-3-1-5-18(11-15)30-24-28-14-21(27)23(29-20)33-24/h1-6,9-14H,7-8H2,(H2,31,32,34)(H2,28,29,30,33). The Hall–Kier alpha value is -3.81. The maximum absolute atomic E-state index is 12.7. The molecule has 0 atom stereocenters. The van der Waals surface area contributed by atoms with E-state index in [1.165, 1.54) is 0 Å². The van der Waals surface area contributed by atoms with Crippen molar-refractivity contribution in [3.05, 3.63) is 94.1 Å². The fraction of sp³-hybridized carbons (Fsp3) is 0.0800. The van der Waals surface area contributed by atoms with Gasteiger partial charge in [0.25, 0.3) is 0 Å². The minimum absolute atomic E-state index is 0.350. The van der Waals surface area contributed by atoms with E-state index < -0.39 is 0 Å². The summed E-state index contributed by atoms with van der Waals surface area (Å²) in [7, 11) is 0. The molecule has 3 aromatic carbocycles. The smallest absolute Gasteiger partial charge is 0.323 e. The van der Waals surface area contributed by atoms with Crippen LogP contribution in [0.15, 0.2) is 72.9 Å². The van der Waals surface area contributed by atoms with Gasteiger partial charge < -0.3 is 21.3 Å². The molecular weight excluding hydrogens is 471 g/mol. The van der Waals surface area contributed by atoms with Crippen LogP contribution in [0.25, 0.3) is 0 Å². The Kier molecular flexibility index (Phi) is 6.20. The molecule has 0 unspecified atom stereocenters. The van der Waals surface area contributed by atoms with E-state index in [4.69, 9.17) is 23.2 Å². The number of aromatic nitrogens is 2. The van der Waals surface area contributed by atoms with E-state index in [0.717, 1.165) is 28.9 Å². The number of rotatable bonds is 2. The summed E-state index contributed by atoms with van der Waals surface area (Å²) in [4.78, 5) is 21.5. The first-order chi connectivity index (χ1) is 16.5. The van der Waals surface area contributed by atoms with Crippen LogP contribution in [0.2, 0.25) is 10.0 Å². The minimum Gasteiger partial charge on any atom is -0.339 e. The van der Waals surface area contributed by atoms with Crippen molar-refractivity contribution in [2.45, 2.75) is 12.8 Å². The van der Waals surface area contributed by atoms with Crippen LogP contribution in [0.3, 0.4) is 0 Å². The second kappa shape index (κ2) is 9.59. The van der Waals surface area contributed by atoms with Gasteiger partial charge in [-0.2, -0.15) is 4.98 Å². The van der Waals surface area contributed by atoms with Crippen molar-refractivity contribution in [1.29, 1.82) is 0 Å². The van der Waals surface area contributed by atoms with Gasteiger partial charge in [0.1, 0.15) is 5.02 Å². The van der Waals surface area contributed by atoms with Gasteiger partial charge in [0.05, 0.1) is 6.20 Å². The van der Waals surface area contributed by atoms with E-state index in [2.05, 4.69) is 43.4 Å². The van der Waals surface area contributed by atoms with Crippen LogP contribution in [-0.4, -0.2) is 16.0 Å². The number of amides is 2. The molecule has 170 valence electrons. The van der Waals surface area contributed by atoms with Crippen LogP contribution in [0, 0.1) is 0 Å². The molecule has 9 heteroatoms. The Labute approximate surface area is 206 Å². The maximum Gasteiger partial charge on any atom is 0.323 e. The molecule has 4 N–H and O–H groups in total. The monoisotopic (exact) mass is 490 g/mol. The van der Waals surface area contributed by atoms with Gasteiger partial charge in [0, 0.05) is 27.8 Å². The van der Waals surface area contributed by atoms with E-state index in [1.54, 1.807) is 30.5 Å². The predicted octanol–water partition coefficient (Wildman–Crippen LogP) is 7.01. The van der Waals surface area contributed by atoms with Gasteiger partial charge in [-0.05, 0) is 72.5 Å². The molecule has 0 radical (unpaired) electrons. The predicted molar refractivity (Wildman–Crippen MR) is 138 cm³/mol. The number of benzene rings is 3. The fourth-order valence-corrected chi connectivity index (χ4v) is 4.04. The lowest BCUT2D eigenvalue weighted by atomic mass is 10.0. The van der Waals surface area contributed by atoms with Crippen LogP contribution in [-0.2, 0) is 12.8 Å². The summed E-state index contributed by atoms with van der Waals surface area (Å²) in [6, 6.07) is 20.4. The van der Waals surface area contributed by atoms with E-state index >= 15 is 0 Å². The topological polar surface area (TPSA) is 91.0 Å². The molecule has 0 spiro atoms. The molecule has 0 saturated heterocycles. The van der Waals surface area contributed by atoms with Crippen LogP contribution >= 0.6 is 23.2 Å². The first kappa shape index (κ1) is 22.0. The van der Waals surface area contributed by atoms with Crippen LogP contribution in [0.5, 0.6) is 0 Å². The lowest BCUT2D eigenvalue weighted by Gasteiger charge is -2.15. The fourth-order valence-electron chi connectivity index (χ4n) is 3.72. The summed E-state index contributed by atoms with van der Waals surface area (Å²) in [6.45, 7) is 0. The van der Waals surface area contributed by atoms with Crippen molar-refractivity contribution in [1.82, 2.24) is 9.97 Å². The lowest BCUT2D eigenvalue weighted by molar-refractivity contribution is 0.262. The molecule has 0 fully saturated rings. The molecule has 7 nitrogen and oxygen atoms in total. The molecule has 1 aliphatic heterocycles. The van der Waals surface area contributed by atoms with Gasteiger partial charge in [-0.25, -0.2) is 9.78 Å². The zero-order valence-corrected chi connectivity index (χ0v) is 19.4. The Morgan fingerprint density at radius 1 is 0.882 bits per heavy atom. The van der Waals surface area contributed by atoms with E-state index in [1.807, 2.05) is 30.3 Å². The molecule has 4 aromatic rings. The highest BCUT2D eigenvalue weighted by atomic mass is 35.5. The average Bonchev–Trinajstić information content (AvgIpc) is 2.81. The number of nitrogens with one attached hydrogen (secondary N) is 4. The first-order valence-electron chi connectivity index (χ1n) is 10.6. The number of aryl methyl sites for hydroxylation is 2. The zero-order valence-electron chi connectivity index (χ0n) is 17.9. The number of halogens is 2. The van der Waals surface area contributed by atoms with Crippen molar-refractivity contribution in [2.75, 3.05) is 21.3 Å². The van der Waals surface area contributed by atoms with Crippen molar-refractivity contribution in [2.24, 2.45) is 0 Å². The second-order valence-corrected chi connectivity index (χ2v) is 8.65. The number of anilines is 6. The Bertz CT molecular complexity index is 1380. The third-order valence-electron chi connectivity index (χ3n) is 5.31. The third-order valence-corrected chi connectivity index (χ3v) is 5.82. The number of carbonyl (C=O) groups excluding carboxylic acids is 1. The van der Waals surface area contributed by atoms with Crippen molar-refractivity contribution < 1.29 is 4.79 Å². The summed E-state index contributed by atoms with van der Waals surface area (Å²) in [5.41, 5.74) is 5.12. The van der Waals surface area contributed by atoms with Gasteiger partial charge in [0.2, 0.25) is 5.95 Å². The highest BCUT2D eigenvalue weighted by Gasteiger charge is 2.13. The van der Waals surface area contributed by atoms with Gasteiger partial charge in [-0.1, -0.05) is 41.4 Å². The molecule has 0 aliphatic carbocycles. The number of hydrogen-bond donors (Lipinski definition) is 4. The van der Waals surface area contributed by atoms with E-state index in [9.17, 15) is 4.79 Å². The van der Waals surface area contributed by atoms with E-state index in [0.29, 0.717) is 39.6 Å². The number of carbonyl (C=O) groups is 1. The third kappa shape index (κ3) is 5.22. The molecule has 1 aromatic heterocycles. The quantitative estimate of drug-likeness (QED) is 0.242. The number of nitrogens with zero attached hydrogens (tertiary/aromatic N) is 2. The molecule has 34 heavy (non-hydrogen) atoms. The molecule has 1 aliphatic rings. The molecule has 6 bridgehead atoms. The average molecular weight is 491 g/mol. The van der Waals surface area contributed by atoms with Gasteiger partial charge in [-0.3, -0.25) is 0 Å². The van der Waals surface area contributed by atoms with Gasteiger partial charge in [-0.15, -0.1) is 0 Å². The van der Waals surface area contributed by atoms with Crippen molar-refractivity contribution in [3.8, 4) is 0 Å². The molecule has 0 saturated carbocycles. The number of urea groups is 1. The second-order valence-electron chi connectivity index (χ2n) is 7.80. The van der Waals surface area contributed by atoms with Crippen LogP contribution < -0.4 is 21.3 Å². The molecule has 2 amide bonds. The first-order valence-corrected chi connectivity index (χ1v) is 11.4. The number of fused-ring (bicyclic) bond motifs is 6. The highest BCUT2D eigenvalue weighted by Crippen LogP contribution is 2.29. The lowest BCUT2D eigenvalue weighted by Crippen LogP contribution is -2.20. The summed E-state index contributed by atoms with van der Waals surface area (Å²) >= 11 is 12.4. The Morgan fingerprint density at radius 3 is 2.62 bits per heavy atom. The zero-order chi connectivity index (χ0) is 23.5. The Morgan fingerprint density at radius 2 is 1.74 bits per heavy atom. The SMILES string of the molecule is O=C(Nc1cccc(Cl)c1)Nc1ccc2cc1CCc1cccc(c1)Nc1ncc(Cl)c(n1)N2.